The van der Waals surface area contributed by atoms with Gasteiger partial charge >= 0.3 is 0 Å². The molecule has 18 heavy (non-hydrogen) atoms. The fourth-order valence-electron chi connectivity index (χ4n) is 2.46. The summed E-state index contributed by atoms with van der Waals surface area (Å²) in [5.74, 6) is 0.0502. The minimum absolute atomic E-state index is 0.0502. The van der Waals surface area contributed by atoms with Gasteiger partial charge in [-0.3, -0.25) is 4.79 Å². The largest absolute Gasteiger partial charge is 0.349 e. The average Bonchev–Trinajstić information content (AvgIpc) is 2.35. The normalized spacial score (nSPS) is 23.7. The first-order valence-electron chi connectivity index (χ1n) is 6.59. The molecule has 2 rings (SSSR count). The molecule has 0 heterocycles. The predicted octanol–water partition coefficient (Wildman–Crippen LogP) is 3.58. The van der Waals surface area contributed by atoms with Gasteiger partial charge in [-0.05, 0) is 56.7 Å². The number of nitrogens with one attached hydrogen (secondary N) is 1. The van der Waals surface area contributed by atoms with Crippen molar-refractivity contribution >= 4 is 17.5 Å². The van der Waals surface area contributed by atoms with Gasteiger partial charge in [-0.1, -0.05) is 12.1 Å². The summed E-state index contributed by atoms with van der Waals surface area (Å²) >= 11 is 6.07. The van der Waals surface area contributed by atoms with Crippen LogP contribution < -0.4 is 5.32 Å². The van der Waals surface area contributed by atoms with E-state index in [1.807, 2.05) is 32.0 Å². The lowest BCUT2D eigenvalue weighted by Gasteiger charge is -2.26. The van der Waals surface area contributed by atoms with Gasteiger partial charge < -0.3 is 5.32 Å². The van der Waals surface area contributed by atoms with E-state index in [0.29, 0.717) is 5.38 Å². The molecule has 0 unspecified atom stereocenters. The lowest BCUT2D eigenvalue weighted by Crippen LogP contribution is -2.38. The van der Waals surface area contributed by atoms with Crippen molar-refractivity contribution in [2.75, 3.05) is 0 Å². The molecule has 0 atom stereocenters. The smallest absolute Gasteiger partial charge is 0.251 e. The molecule has 1 aliphatic carbocycles. The van der Waals surface area contributed by atoms with Crippen LogP contribution in [0, 0.1) is 13.8 Å². The maximum Gasteiger partial charge on any atom is 0.251 e. The second-order valence-corrected chi connectivity index (χ2v) is 5.79. The highest BCUT2D eigenvalue weighted by molar-refractivity contribution is 6.20. The number of alkyl halides is 1. The summed E-state index contributed by atoms with van der Waals surface area (Å²) in [6, 6.07) is 6.15. The van der Waals surface area contributed by atoms with Crippen molar-refractivity contribution in [1.82, 2.24) is 5.32 Å². The molecule has 1 aromatic rings. The minimum atomic E-state index is 0.0502. The Balaban J connectivity index is 2.01. The summed E-state index contributed by atoms with van der Waals surface area (Å²) in [5.41, 5.74) is 3.02. The molecule has 98 valence electrons. The lowest BCUT2D eigenvalue weighted by atomic mass is 9.94. The van der Waals surface area contributed by atoms with Gasteiger partial charge in [0.05, 0.1) is 0 Å². The quantitative estimate of drug-likeness (QED) is 0.814. The van der Waals surface area contributed by atoms with Gasteiger partial charge in [-0.15, -0.1) is 11.6 Å². The lowest BCUT2D eigenvalue weighted by molar-refractivity contribution is 0.0927. The monoisotopic (exact) mass is 265 g/mol. The van der Waals surface area contributed by atoms with E-state index in [1.165, 1.54) is 0 Å². The Morgan fingerprint density at radius 1 is 1.22 bits per heavy atom. The molecule has 3 heteroatoms. The first-order valence-corrected chi connectivity index (χ1v) is 7.02. The maximum absolute atomic E-state index is 12.2. The van der Waals surface area contributed by atoms with Crippen molar-refractivity contribution in [3.05, 3.63) is 34.9 Å². The summed E-state index contributed by atoms with van der Waals surface area (Å²) in [6.45, 7) is 4.03. The first kappa shape index (κ1) is 13.4. The molecule has 1 aliphatic rings. The first-order chi connectivity index (χ1) is 8.58. The van der Waals surface area contributed by atoms with Crippen molar-refractivity contribution in [2.45, 2.75) is 50.9 Å². The molecule has 1 saturated carbocycles. The Morgan fingerprint density at radius 3 is 2.56 bits per heavy atom. The van der Waals surface area contributed by atoms with Crippen LogP contribution in [0.25, 0.3) is 0 Å². The number of carbonyl (C=O) groups is 1. The number of hydrogen-bond donors (Lipinski definition) is 1. The van der Waals surface area contributed by atoms with Crippen LogP contribution in [0.2, 0.25) is 0 Å². The number of amides is 1. The summed E-state index contributed by atoms with van der Waals surface area (Å²) in [6.07, 6.45) is 3.98. The highest BCUT2D eigenvalue weighted by Gasteiger charge is 2.21. The van der Waals surface area contributed by atoms with Gasteiger partial charge in [-0.25, -0.2) is 0 Å². The summed E-state index contributed by atoms with van der Waals surface area (Å²) in [7, 11) is 0. The zero-order chi connectivity index (χ0) is 13.1. The summed E-state index contributed by atoms with van der Waals surface area (Å²) < 4.78 is 0. The van der Waals surface area contributed by atoms with Crippen LogP contribution in [0.3, 0.4) is 0 Å². The highest BCUT2D eigenvalue weighted by atomic mass is 35.5. The summed E-state index contributed by atoms with van der Waals surface area (Å²) in [5, 5.41) is 3.42. The molecule has 0 aromatic heterocycles. The second kappa shape index (κ2) is 5.75. The van der Waals surface area contributed by atoms with E-state index in [0.717, 1.165) is 42.4 Å². The Kier molecular flexibility index (Phi) is 4.28. The third-order valence-corrected chi connectivity index (χ3v) is 4.28. The third kappa shape index (κ3) is 3.05. The molecular weight excluding hydrogens is 246 g/mol. The van der Waals surface area contributed by atoms with Crippen molar-refractivity contribution in [2.24, 2.45) is 0 Å². The van der Waals surface area contributed by atoms with E-state index in [1.54, 1.807) is 0 Å². The van der Waals surface area contributed by atoms with Gasteiger partial charge in [0, 0.05) is 17.0 Å². The fourth-order valence-corrected chi connectivity index (χ4v) is 2.71. The van der Waals surface area contributed by atoms with Crippen LogP contribution in [0.1, 0.15) is 47.2 Å². The minimum Gasteiger partial charge on any atom is -0.349 e. The van der Waals surface area contributed by atoms with E-state index in [9.17, 15) is 4.79 Å². The Morgan fingerprint density at radius 2 is 1.89 bits per heavy atom. The molecule has 1 amide bonds. The SMILES string of the molecule is Cc1cccc(C(=O)NC2CCC(Cl)CC2)c1C. The topological polar surface area (TPSA) is 29.1 Å². The summed E-state index contributed by atoms with van der Waals surface area (Å²) in [4.78, 5) is 12.2. The Labute approximate surface area is 114 Å². The molecule has 0 saturated heterocycles. The number of halogens is 1. The van der Waals surface area contributed by atoms with E-state index in [-0.39, 0.29) is 11.9 Å². The molecule has 0 spiro atoms. The highest BCUT2D eigenvalue weighted by Crippen LogP contribution is 2.23. The second-order valence-electron chi connectivity index (χ2n) is 5.17. The van der Waals surface area contributed by atoms with E-state index in [2.05, 4.69) is 5.32 Å². The molecule has 2 nitrogen and oxygen atoms in total. The standard InChI is InChI=1S/C15H20ClNO/c1-10-4-3-5-14(11(10)2)15(18)17-13-8-6-12(16)7-9-13/h3-5,12-13H,6-9H2,1-2H3,(H,17,18). The number of hydrogen-bond acceptors (Lipinski definition) is 1. The number of carbonyl (C=O) groups excluding carboxylic acids is 1. The molecule has 0 bridgehead atoms. The molecular formula is C15H20ClNO. The van der Waals surface area contributed by atoms with Crippen LogP contribution in [0.5, 0.6) is 0 Å². The number of benzene rings is 1. The molecule has 1 aromatic carbocycles. The van der Waals surface area contributed by atoms with Crippen molar-refractivity contribution < 1.29 is 4.79 Å². The van der Waals surface area contributed by atoms with Gasteiger partial charge in [0.2, 0.25) is 0 Å². The van der Waals surface area contributed by atoms with Gasteiger partial charge in [0.15, 0.2) is 0 Å². The number of rotatable bonds is 2. The molecule has 0 aliphatic heterocycles. The predicted molar refractivity (Wildman–Crippen MR) is 75.3 cm³/mol. The van der Waals surface area contributed by atoms with Crippen molar-refractivity contribution in [3.8, 4) is 0 Å². The van der Waals surface area contributed by atoms with Crippen LogP contribution in [0.15, 0.2) is 18.2 Å². The zero-order valence-corrected chi connectivity index (χ0v) is 11.8. The van der Waals surface area contributed by atoms with E-state index < -0.39 is 0 Å². The molecule has 0 radical (unpaired) electrons. The Bertz CT molecular complexity index is 436. The molecule has 1 fully saturated rings. The van der Waals surface area contributed by atoms with Crippen LogP contribution in [-0.2, 0) is 0 Å². The zero-order valence-electron chi connectivity index (χ0n) is 11.0. The number of aryl methyl sites for hydroxylation is 1. The van der Waals surface area contributed by atoms with Gasteiger partial charge in [0.25, 0.3) is 5.91 Å². The van der Waals surface area contributed by atoms with E-state index in [4.69, 9.17) is 11.6 Å². The molecule has 1 N–H and O–H groups in total. The third-order valence-electron chi connectivity index (χ3n) is 3.84. The van der Waals surface area contributed by atoms with Gasteiger partial charge in [0.1, 0.15) is 0 Å². The maximum atomic E-state index is 12.2. The van der Waals surface area contributed by atoms with Crippen molar-refractivity contribution in [3.63, 3.8) is 0 Å². The van der Waals surface area contributed by atoms with Crippen molar-refractivity contribution in [1.29, 1.82) is 0 Å². The van der Waals surface area contributed by atoms with Crippen LogP contribution in [0.4, 0.5) is 0 Å². The Hall–Kier alpha value is -1.02. The van der Waals surface area contributed by atoms with Crippen LogP contribution >= 0.6 is 11.6 Å². The van der Waals surface area contributed by atoms with Crippen LogP contribution in [-0.4, -0.2) is 17.3 Å². The average molecular weight is 266 g/mol. The van der Waals surface area contributed by atoms with E-state index >= 15 is 0 Å². The van der Waals surface area contributed by atoms with Gasteiger partial charge in [-0.2, -0.15) is 0 Å². The fraction of sp³-hybridized carbons (Fsp3) is 0.533.